The van der Waals surface area contributed by atoms with Crippen LogP contribution in [0.1, 0.15) is 84.0 Å². The average molecular weight is 736 g/mol. The summed E-state index contributed by atoms with van der Waals surface area (Å²) in [5.41, 5.74) is 9.41. The van der Waals surface area contributed by atoms with Gasteiger partial charge >= 0.3 is 30.2 Å². The molecule has 0 aromatic heterocycles. The first-order valence-corrected chi connectivity index (χ1v) is 20.1. The maximum absolute atomic E-state index is 9.21. The van der Waals surface area contributed by atoms with E-state index in [9.17, 15) is 10.2 Å². The number of fused-ring (bicyclic) bond motifs is 2. The Morgan fingerprint density at radius 2 is 0.771 bits per heavy atom. The van der Waals surface area contributed by atoms with Gasteiger partial charge in [0.05, 0.1) is 0 Å². The molecule has 0 aliphatic carbocycles. The third-order valence-electron chi connectivity index (χ3n) is 7.98. The van der Waals surface area contributed by atoms with Gasteiger partial charge in [-0.2, -0.15) is 12.1 Å². The van der Waals surface area contributed by atoms with Gasteiger partial charge in [-0.05, 0) is 61.8 Å². The Hall–Kier alpha value is -3.20. The van der Waals surface area contributed by atoms with Crippen molar-refractivity contribution in [1.29, 1.82) is 0 Å². The first-order valence-electron chi connectivity index (χ1n) is 15.9. The van der Waals surface area contributed by atoms with Crippen molar-refractivity contribution in [2.45, 2.75) is 81.1 Å². The van der Waals surface area contributed by atoms with Crippen molar-refractivity contribution in [3.63, 3.8) is 0 Å². The molecule has 0 aliphatic rings. The SMILES string of the molecule is Cc1cc2c(C(C)C)cccc2[cH-]1.Cc1cc2c(C(C)C)cccc2[cH-]1.Cc1cccc(C)c1O.Cc1cccc(C)c1O.[CH3-].[CH3-].[Si]=[Zr]. The zero-order valence-corrected chi connectivity index (χ0v) is 34.7. The summed E-state index contributed by atoms with van der Waals surface area (Å²) in [7, 11) is 0. The van der Waals surface area contributed by atoms with Crippen molar-refractivity contribution < 1.29 is 33.5 Å². The van der Waals surface area contributed by atoms with E-state index in [-0.39, 0.29) is 14.9 Å². The third kappa shape index (κ3) is 12.7. The fourth-order valence-corrected chi connectivity index (χ4v) is 5.44. The van der Waals surface area contributed by atoms with E-state index in [0.29, 0.717) is 23.3 Å². The summed E-state index contributed by atoms with van der Waals surface area (Å²) in [6.45, 7) is 23.9. The molecule has 6 rings (SSSR count). The maximum atomic E-state index is 9.21. The molecule has 0 bridgehead atoms. The standard InChI is InChI=1S/2C13H15.2C8H10O.2CH3.Si.Zr/c2*1-9(2)12-6-4-5-11-7-10(3)8-13(11)12;2*1-6-4-3-5-7(2)8(6)9;;;;/h2*4-9H,1-3H3;2*3-5,9H,1-2H3;2*1H3;;/q2*-1;;;2*-1;;. The molecule has 48 heavy (non-hydrogen) atoms. The number of hydrogen-bond acceptors (Lipinski definition) is 2. The van der Waals surface area contributed by atoms with Gasteiger partial charge in [0.25, 0.3) is 0 Å². The number of benzene rings is 4. The molecule has 0 saturated heterocycles. The molecule has 2 N–H and O–H groups in total. The molecule has 0 heterocycles. The van der Waals surface area contributed by atoms with Crippen LogP contribution in [-0.2, 0) is 23.3 Å². The molecular formula is C44H56O2SiZr-4. The number of hydrogen-bond donors (Lipinski definition) is 2. The molecule has 0 aliphatic heterocycles. The number of rotatable bonds is 2. The minimum atomic E-state index is 0. The molecule has 0 fully saturated rings. The van der Waals surface area contributed by atoms with Gasteiger partial charge in [0.15, 0.2) is 0 Å². The molecule has 6 aromatic carbocycles. The third-order valence-corrected chi connectivity index (χ3v) is 7.98. The second-order valence-electron chi connectivity index (χ2n) is 12.6. The summed E-state index contributed by atoms with van der Waals surface area (Å²) in [4.78, 5) is 0. The first-order chi connectivity index (χ1) is 21.8. The second-order valence-corrected chi connectivity index (χ2v) is 12.6. The van der Waals surface area contributed by atoms with E-state index in [1.807, 2.05) is 64.1 Å². The molecule has 256 valence electrons. The molecule has 0 spiro atoms. The zero-order chi connectivity index (χ0) is 34.6. The summed E-state index contributed by atoms with van der Waals surface area (Å²) in [6, 6.07) is 33.6. The van der Waals surface area contributed by atoms with Gasteiger partial charge in [-0.25, -0.2) is 0 Å². The van der Waals surface area contributed by atoms with Gasteiger partial charge in [-0.3, -0.25) is 0 Å². The van der Waals surface area contributed by atoms with Gasteiger partial charge in [-0.15, -0.1) is 69.1 Å². The molecular weight excluding hydrogens is 680 g/mol. The number of para-hydroxylation sites is 2. The molecule has 2 radical (unpaired) electrons. The Morgan fingerprint density at radius 3 is 1.02 bits per heavy atom. The van der Waals surface area contributed by atoms with Gasteiger partial charge in [0.1, 0.15) is 11.5 Å². The van der Waals surface area contributed by atoms with E-state index in [4.69, 9.17) is 0 Å². The van der Waals surface area contributed by atoms with Gasteiger partial charge in [-0.1, -0.05) is 101 Å². The summed E-state index contributed by atoms with van der Waals surface area (Å²) >= 11 is 1.36. The van der Waals surface area contributed by atoms with Gasteiger partial charge in [0, 0.05) is 0 Å². The van der Waals surface area contributed by atoms with Gasteiger partial charge < -0.3 is 25.1 Å². The van der Waals surface area contributed by atoms with Crippen molar-refractivity contribution in [2.24, 2.45) is 0 Å². The fourth-order valence-electron chi connectivity index (χ4n) is 5.44. The fraction of sp³-hybridized carbons (Fsp3) is 0.273. The van der Waals surface area contributed by atoms with E-state index in [0.717, 1.165) is 22.3 Å². The Balaban J connectivity index is 0.000000603. The Labute approximate surface area is 309 Å². The topological polar surface area (TPSA) is 40.5 Å². The quantitative estimate of drug-likeness (QED) is 0.137. The average Bonchev–Trinajstić information content (AvgIpc) is 3.60. The van der Waals surface area contributed by atoms with Crippen molar-refractivity contribution >= 4 is 28.4 Å². The number of phenols is 2. The molecule has 2 nitrogen and oxygen atoms in total. The molecule has 0 unspecified atom stereocenters. The summed E-state index contributed by atoms with van der Waals surface area (Å²) < 4.78 is 0. The molecule has 0 amide bonds. The van der Waals surface area contributed by atoms with Crippen molar-refractivity contribution in [1.82, 2.24) is 0 Å². The monoisotopic (exact) mass is 734 g/mol. The minimum absolute atomic E-state index is 0. The predicted molar refractivity (Wildman–Crippen MR) is 210 cm³/mol. The van der Waals surface area contributed by atoms with Crippen LogP contribution in [0, 0.1) is 56.4 Å². The van der Waals surface area contributed by atoms with Crippen LogP contribution in [0.15, 0.2) is 97.1 Å². The number of phenolic OH excluding ortho intramolecular Hbond substituents is 2. The Bertz CT molecular complexity index is 1650. The van der Waals surface area contributed by atoms with E-state index in [2.05, 4.69) is 109 Å². The zero-order valence-electron chi connectivity index (χ0n) is 31.3. The first kappa shape index (κ1) is 44.8. The predicted octanol–water partition coefficient (Wildman–Crippen LogP) is 12.5. The summed E-state index contributed by atoms with van der Waals surface area (Å²) in [5.74, 6) is 2.06. The van der Waals surface area contributed by atoms with Crippen LogP contribution in [0.4, 0.5) is 0 Å². The van der Waals surface area contributed by atoms with Crippen LogP contribution in [0.5, 0.6) is 11.5 Å². The number of aryl methyl sites for hydroxylation is 6. The van der Waals surface area contributed by atoms with Gasteiger partial charge in [0.2, 0.25) is 0 Å². The van der Waals surface area contributed by atoms with Crippen LogP contribution in [-0.4, -0.2) is 17.1 Å². The number of aromatic hydroxyl groups is 2. The molecule has 6 aromatic rings. The van der Waals surface area contributed by atoms with Crippen LogP contribution in [0.25, 0.3) is 21.5 Å². The van der Waals surface area contributed by atoms with Crippen molar-refractivity contribution in [2.75, 3.05) is 0 Å². The molecule has 0 saturated carbocycles. The summed E-state index contributed by atoms with van der Waals surface area (Å²) in [6.07, 6.45) is 0. The van der Waals surface area contributed by atoms with Crippen molar-refractivity contribution in [3.05, 3.63) is 156 Å². The van der Waals surface area contributed by atoms with E-state index < -0.39 is 0 Å². The second kappa shape index (κ2) is 21.7. The Morgan fingerprint density at radius 1 is 0.500 bits per heavy atom. The molecule has 0 atom stereocenters. The normalized spacial score (nSPS) is 9.81. The molecule has 4 heteroatoms. The van der Waals surface area contributed by atoms with Crippen LogP contribution in [0.3, 0.4) is 0 Å². The van der Waals surface area contributed by atoms with Crippen LogP contribution < -0.4 is 0 Å². The van der Waals surface area contributed by atoms with E-state index in [1.165, 1.54) is 67.1 Å². The Kier molecular flexibility index (Phi) is 20.3. The van der Waals surface area contributed by atoms with Crippen LogP contribution in [0.2, 0.25) is 0 Å². The van der Waals surface area contributed by atoms with Crippen molar-refractivity contribution in [3.8, 4) is 11.5 Å². The van der Waals surface area contributed by atoms with Crippen LogP contribution >= 0.6 is 0 Å². The van der Waals surface area contributed by atoms with E-state index >= 15 is 0 Å². The van der Waals surface area contributed by atoms with E-state index in [1.54, 1.807) is 0 Å². The summed E-state index contributed by atoms with van der Waals surface area (Å²) in [5, 5.41) is 24.0.